The SMILES string of the molecule is COc1cc(CC(=O)NNC(=O)c2ccc(Cl)cc2)cc(OC)c1OC. The van der Waals surface area contributed by atoms with Gasteiger partial charge >= 0.3 is 0 Å². The van der Waals surface area contributed by atoms with Gasteiger partial charge in [0.25, 0.3) is 5.91 Å². The van der Waals surface area contributed by atoms with E-state index >= 15 is 0 Å². The third kappa shape index (κ3) is 4.80. The fraction of sp³-hybridized carbons (Fsp3) is 0.222. The average Bonchev–Trinajstić information content (AvgIpc) is 2.65. The summed E-state index contributed by atoms with van der Waals surface area (Å²) < 4.78 is 15.7. The smallest absolute Gasteiger partial charge is 0.269 e. The van der Waals surface area contributed by atoms with Gasteiger partial charge in [0.2, 0.25) is 11.7 Å². The van der Waals surface area contributed by atoms with Gasteiger partial charge in [0.05, 0.1) is 27.8 Å². The topological polar surface area (TPSA) is 85.9 Å². The van der Waals surface area contributed by atoms with Gasteiger partial charge in [0.15, 0.2) is 11.5 Å². The van der Waals surface area contributed by atoms with E-state index in [1.807, 2.05) is 0 Å². The lowest BCUT2D eigenvalue weighted by Gasteiger charge is -2.14. The highest BCUT2D eigenvalue weighted by Gasteiger charge is 2.15. The van der Waals surface area contributed by atoms with Crippen molar-refractivity contribution in [3.05, 3.63) is 52.5 Å². The van der Waals surface area contributed by atoms with E-state index in [1.54, 1.807) is 36.4 Å². The van der Waals surface area contributed by atoms with Gasteiger partial charge in [-0.2, -0.15) is 0 Å². The number of carbonyl (C=O) groups is 2. The van der Waals surface area contributed by atoms with Crippen LogP contribution in [0, 0.1) is 0 Å². The number of amides is 2. The van der Waals surface area contributed by atoms with Crippen molar-refractivity contribution >= 4 is 23.4 Å². The number of hydrazine groups is 1. The molecule has 138 valence electrons. The van der Waals surface area contributed by atoms with Crippen LogP contribution >= 0.6 is 11.6 Å². The van der Waals surface area contributed by atoms with E-state index in [0.717, 1.165) is 0 Å². The van der Waals surface area contributed by atoms with Gasteiger partial charge in [0, 0.05) is 10.6 Å². The number of hydrogen-bond acceptors (Lipinski definition) is 5. The van der Waals surface area contributed by atoms with Crippen LogP contribution in [0.1, 0.15) is 15.9 Å². The molecule has 0 spiro atoms. The molecule has 0 bridgehead atoms. The third-order valence-corrected chi connectivity index (χ3v) is 3.76. The molecule has 0 fully saturated rings. The summed E-state index contributed by atoms with van der Waals surface area (Å²) in [6, 6.07) is 9.64. The quantitative estimate of drug-likeness (QED) is 0.754. The average molecular weight is 379 g/mol. The van der Waals surface area contributed by atoms with Crippen molar-refractivity contribution in [3.63, 3.8) is 0 Å². The lowest BCUT2D eigenvalue weighted by atomic mass is 10.1. The number of nitrogens with one attached hydrogen (secondary N) is 2. The number of hydrogen-bond donors (Lipinski definition) is 2. The van der Waals surface area contributed by atoms with Gasteiger partial charge < -0.3 is 14.2 Å². The summed E-state index contributed by atoms with van der Waals surface area (Å²) in [6.45, 7) is 0. The highest BCUT2D eigenvalue weighted by Crippen LogP contribution is 2.38. The number of halogens is 1. The first-order valence-corrected chi connectivity index (χ1v) is 8.00. The Morgan fingerprint density at radius 3 is 2.00 bits per heavy atom. The van der Waals surface area contributed by atoms with Crippen LogP contribution in [0.3, 0.4) is 0 Å². The van der Waals surface area contributed by atoms with Crippen LogP contribution in [0.5, 0.6) is 17.2 Å². The summed E-state index contributed by atoms with van der Waals surface area (Å²) in [7, 11) is 4.49. The number of ether oxygens (including phenoxy) is 3. The van der Waals surface area contributed by atoms with Gasteiger partial charge in [-0.1, -0.05) is 11.6 Å². The Hall–Kier alpha value is -2.93. The minimum absolute atomic E-state index is 0.0115. The maximum absolute atomic E-state index is 12.1. The summed E-state index contributed by atoms with van der Waals surface area (Å²) in [5.74, 6) is 0.483. The summed E-state index contributed by atoms with van der Waals surface area (Å²) in [5.41, 5.74) is 5.73. The van der Waals surface area contributed by atoms with Crippen LogP contribution < -0.4 is 25.1 Å². The van der Waals surface area contributed by atoms with Gasteiger partial charge in [-0.05, 0) is 42.0 Å². The standard InChI is InChI=1S/C18H19ClN2O5/c1-24-14-8-11(9-15(25-2)17(14)26-3)10-16(22)20-21-18(23)12-4-6-13(19)7-5-12/h4-9H,10H2,1-3H3,(H,20,22)(H,21,23). The molecule has 0 aromatic heterocycles. The van der Waals surface area contributed by atoms with E-state index in [0.29, 0.717) is 33.4 Å². The molecule has 2 N–H and O–H groups in total. The van der Waals surface area contributed by atoms with Gasteiger partial charge in [0.1, 0.15) is 0 Å². The molecule has 2 rings (SSSR count). The van der Waals surface area contributed by atoms with Crippen LogP contribution in [0.2, 0.25) is 5.02 Å². The Labute approximate surface area is 156 Å². The molecule has 2 aromatic rings. The largest absolute Gasteiger partial charge is 0.493 e. The second-order valence-electron chi connectivity index (χ2n) is 5.22. The highest BCUT2D eigenvalue weighted by molar-refractivity contribution is 6.30. The summed E-state index contributed by atoms with van der Waals surface area (Å²) in [6.07, 6.45) is 0.0115. The second-order valence-corrected chi connectivity index (χ2v) is 5.66. The zero-order valence-electron chi connectivity index (χ0n) is 14.6. The van der Waals surface area contributed by atoms with Crippen molar-refractivity contribution in [1.82, 2.24) is 10.9 Å². The van der Waals surface area contributed by atoms with Crippen molar-refractivity contribution in [3.8, 4) is 17.2 Å². The summed E-state index contributed by atoms with van der Waals surface area (Å²) in [5, 5.41) is 0.521. The van der Waals surface area contributed by atoms with Crippen molar-refractivity contribution < 1.29 is 23.8 Å². The maximum Gasteiger partial charge on any atom is 0.269 e. The van der Waals surface area contributed by atoms with E-state index in [1.165, 1.54) is 21.3 Å². The first-order valence-electron chi connectivity index (χ1n) is 7.62. The van der Waals surface area contributed by atoms with Crippen molar-refractivity contribution in [2.45, 2.75) is 6.42 Å². The first-order chi connectivity index (χ1) is 12.5. The monoisotopic (exact) mass is 378 g/mol. The Bertz CT molecular complexity index is 768. The minimum Gasteiger partial charge on any atom is -0.493 e. The van der Waals surface area contributed by atoms with Crippen molar-refractivity contribution in [2.24, 2.45) is 0 Å². The molecule has 0 atom stereocenters. The lowest BCUT2D eigenvalue weighted by molar-refractivity contribution is -0.121. The summed E-state index contributed by atoms with van der Waals surface area (Å²) >= 11 is 5.77. The molecular weight excluding hydrogens is 360 g/mol. The molecule has 0 aliphatic carbocycles. The molecule has 0 aliphatic heterocycles. The van der Waals surface area contributed by atoms with E-state index < -0.39 is 11.8 Å². The Morgan fingerprint density at radius 1 is 0.923 bits per heavy atom. The zero-order chi connectivity index (χ0) is 19.1. The molecule has 0 saturated heterocycles. The molecule has 7 nitrogen and oxygen atoms in total. The van der Waals surface area contributed by atoms with Crippen LogP contribution in [0.25, 0.3) is 0 Å². The molecule has 0 aliphatic rings. The second kappa shape index (κ2) is 8.96. The van der Waals surface area contributed by atoms with Gasteiger partial charge in [-0.25, -0.2) is 0 Å². The van der Waals surface area contributed by atoms with E-state index in [4.69, 9.17) is 25.8 Å². The zero-order valence-corrected chi connectivity index (χ0v) is 15.3. The first kappa shape index (κ1) is 19.4. The molecule has 26 heavy (non-hydrogen) atoms. The van der Waals surface area contributed by atoms with Crippen molar-refractivity contribution in [1.29, 1.82) is 0 Å². The molecule has 8 heteroatoms. The predicted octanol–water partition coefficient (Wildman–Crippen LogP) is 2.37. The Morgan fingerprint density at radius 2 is 1.50 bits per heavy atom. The molecular formula is C18H19ClN2O5. The number of rotatable bonds is 6. The number of carbonyl (C=O) groups excluding carboxylic acids is 2. The van der Waals surface area contributed by atoms with E-state index in [9.17, 15) is 9.59 Å². The normalized spacial score (nSPS) is 10.0. The Balaban J connectivity index is 2.01. The van der Waals surface area contributed by atoms with Crippen molar-refractivity contribution in [2.75, 3.05) is 21.3 Å². The van der Waals surface area contributed by atoms with Crippen LogP contribution in [0.15, 0.2) is 36.4 Å². The molecule has 0 unspecified atom stereocenters. The van der Waals surface area contributed by atoms with E-state index in [-0.39, 0.29) is 6.42 Å². The molecule has 0 heterocycles. The highest BCUT2D eigenvalue weighted by atomic mass is 35.5. The molecule has 0 saturated carbocycles. The minimum atomic E-state index is -0.445. The predicted molar refractivity (Wildman–Crippen MR) is 96.9 cm³/mol. The molecule has 2 amide bonds. The number of benzene rings is 2. The lowest BCUT2D eigenvalue weighted by Crippen LogP contribution is -2.42. The summed E-state index contributed by atoms with van der Waals surface area (Å²) in [4.78, 5) is 24.1. The van der Waals surface area contributed by atoms with Crippen LogP contribution in [-0.2, 0) is 11.2 Å². The maximum atomic E-state index is 12.1. The molecule has 0 radical (unpaired) electrons. The van der Waals surface area contributed by atoms with Crippen LogP contribution in [-0.4, -0.2) is 33.1 Å². The fourth-order valence-electron chi connectivity index (χ4n) is 2.27. The van der Waals surface area contributed by atoms with Gasteiger partial charge in [-0.15, -0.1) is 0 Å². The third-order valence-electron chi connectivity index (χ3n) is 3.51. The van der Waals surface area contributed by atoms with Crippen LogP contribution in [0.4, 0.5) is 0 Å². The van der Waals surface area contributed by atoms with E-state index in [2.05, 4.69) is 10.9 Å². The molecule has 2 aromatic carbocycles. The number of methoxy groups -OCH3 is 3. The van der Waals surface area contributed by atoms with Gasteiger partial charge in [-0.3, -0.25) is 20.4 Å². The fourth-order valence-corrected chi connectivity index (χ4v) is 2.39. The Kier molecular flexibility index (Phi) is 6.68.